The molecule has 0 aliphatic carbocycles. The Morgan fingerprint density at radius 1 is 1.42 bits per heavy atom. The average Bonchev–Trinajstić information content (AvgIpc) is 1.85. The maximum atomic E-state index is 9.98. The molecule has 0 aliphatic rings. The summed E-state index contributed by atoms with van der Waals surface area (Å²) in [6, 6.07) is 5.57. The molecule has 0 heterocycles. The van der Waals surface area contributed by atoms with Crippen molar-refractivity contribution in [2.75, 3.05) is 0 Å². The van der Waals surface area contributed by atoms with Crippen LogP contribution in [0.25, 0.3) is 0 Å². The van der Waals surface area contributed by atoms with Crippen molar-refractivity contribution in [2.24, 2.45) is 0 Å². The van der Waals surface area contributed by atoms with Gasteiger partial charge in [-0.3, -0.25) is 0 Å². The van der Waals surface area contributed by atoms with Gasteiger partial charge in [-0.05, 0) is 12.1 Å². The van der Waals surface area contributed by atoms with Gasteiger partial charge in [0.05, 0.1) is 0 Å². The van der Waals surface area contributed by atoms with E-state index in [1.807, 2.05) is 0 Å². The molecule has 0 atom stereocenters. The van der Waals surface area contributed by atoms with E-state index < -0.39 is 6.16 Å². The Morgan fingerprint density at radius 3 is 2.58 bits per heavy atom. The Morgan fingerprint density at radius 2 is 2.08 bits per heavy atom. The number of hydrogen-bond donors (Lipinski definition) is 2. The van der Waals surface area contributed by atoms with Crippen LogP contribution in [0.15, 0.2) is 24.3 Å². The molecule has 1 aromatic carbocycles. The Hall–Kier alpha value is -0.710. The SMILES string of the molecule is O=C(O)Oc1cccc(O)c1.[NaH]. The Kier molecular flexibility index (Phi) is 4.73. The molecule has 4 nitrogen and oxygen atoms in total. The summed E-state index contributed by atoms with van der Waals surface area (Å²) in [6.45, 7) is 0. The van der Waals surface area contributed by atoms with E-state index in [9.17, 15) is 4.79 Å². The number of hydrogen-bond acceptors (Lipinski definition) is 3. The number of phenols is 1. The van der Waals surface area contributed by atoms with Gasteiger partial charge in [-0.25, -0.2) is 4.79 Å². The summed E-state index contributed by atoms with van der Waals surface area (Å²) in [5, 5.41) is 17.0. The Balaban J connectivity index is 0.00000121. The minimum atomic E-state index is -1.39. The summed E-state index contributed by atoms with van der Waals surface area (Å²) in [7, 11) is 0. The van der Waals surface area contributed by atoms with E-state index in [1.165, 1.54) is 24.3 Å². The number of ether oxygens (including phenoxy) is 1. The van der Waals surface area contributed by atoms with Crippen LogP contribution in [-0.4, -0.2) is 45.9 Å². The number of benzene rings is 1. The second-order valence-corrected chi connectivity index (χ2v) is 1.87. The summed E-state index contributed by atoms with van der Waals surface area (Å²) in [5.74, 6) is 0.0845. The third kappa shape index (κ3) is 3.61. The molecule has 0 saturated heterocycles. The van der Waals surface area contributed by atoms with Gasteiger partial charge in [0, 0.05) is 6.07 Å². The number of phenolic OH excluding ortho intramolecular Hbond substituents is 1. The van der Waals surface area contributed by atoms with E-state index in [2.05, 4.69) is 4.74 Å². The van der Waals surface area contributed by atoms with Crippen molar-refractivity contribution < 1.29 is 19.7 Å². The zero-order valence-corrected chi connectivity index (χ0v) is 5.52. The van der Waals surface area contributed by atoms with Crippen molar-refractivity contribution in [1.29, 1.82) is 0 Å². The summed E-state index contributed by atoms with van der Waals surface area (Å²) < 4.78 is 4.25. The van der Waals surface area contributed by atoms with E-state index in [4.69, 9.17) is 10.2 Å². The summed E-state index contributed by atoms with van der Waals surface area (Å²) in [4.78, 5) is 9.98. The molecule has 0 bridgehead atoms. The number of aromatic hydroxyl groups is 1. The molecule has 2 N–H and O–H groups in total. The summed E-state index contributed by atoms with van der Waals surface area (Å²) in [5.41, 5.74) is 0. The van der Waals surface area contributed by atoms with Crippen LogP contribution in [0.1, 0.15) is 0 Å². The van der Waals surface area contributed by atoms with Crippen molar-refractivity contribution >= 4 is 35.7 Å². The molecule has 1 rings (SSSR count). The molecular weight excluding hydrogens is 171 g/mol. The van der Waals surface area contributed by atoms with Crippen LogP contribution in [0, 0.1) is 0 Å². The quantitative estimate of drug-likeness (QED) is 0.379. The molecule has 5 heteroatoms. The maximum absolute atomic E-state index is 9.98. The van der Waals surface area contributed by atoms with Crippen molar-refractivity contribution in [2.45, 2.75) is 0 Å². The van der Waals surface area contributed by atoms with Crippen LogP contribution in [0.3, 0.4) is 0 Å². The minimum absolute atomic E-state index is 0. The first-order valence-corrected chi connectivity index (χ1v) is 2.88. The molecule has 60 valence electrons. The molecule has 0 radical (unpaired) electrons. The fourth-order valence-corrected chi connectivity index (χ4v) is 0.648. The van der Waals surface area contributed by atoms with Gasteiger partial charge < -0.3 is 14.9 Å². The van der Waals surface area contributed by atoms with Crippen molar-refractivity contribution in [3.63, 3.8) is 0 Å². The van der Waals surface area contributed by atoms with Crippen LogP contribution in [0.5, 0.6) is 11.5 Å². The number of carbonyl (C=O) groups is 1. The second kappa shape index (κ2) is 5.03. The van der Waals surface area contributed by atoms with Crippen molar-refractivity contribution in [3.05, 3.63) is 24.3 Å². The van der Waals surface area contributed by atoms with Crippen molar-refractivity contribution in [3.8, 4) is 11.5 Å². The third-order valence-electron chi connectivity index (χ3n) is 1.02. The molecule has 1 aromatic rings. The molecule has 0 unspecified atom stereocenters. The molecule has 0 spiro atoms. The molecule has 0 aromatic heterocycles. The van der Waals surface area contributed by atoms with E-state index >= 15 is 0 Å². The number of rotatable bonds is 1. The van der Waals surface area contributed by atoms with Gasteiger partial charge in [0.15, 0.2) is 0 Å². The van der Waals surface area contributed by atoms with Gasteiger partial charge >= 0.3 is 35.7 Å². The van der Waals surface area contributed by atoms with Gasteiger partial charge in [0.25, 0.3) is 0 Å². The van der Waals surface area contributed by atoms with E-state index in [0.29, 0.717) is 0 Å². The first-order chi connectivity index (χ1) is 5.18. The zero-order chi connectivity index (χ0) is 8.27. The fraction of sp³-hybridized carbons (Fsp3) is 0. The first kappa shape index (κ1) is 11.3. The van der Waals surface area contributed by atoms with Gasteiger partial charge in [-0.2, -0.15) is 0 Å². The van der Waals surface area contributed by atoms with Crippen LogP contribution in [0.4, 0.5) is 4.79 Å². The molecular formula is C7H7NaO4. The Labute approximate surface area is 91.1 Å². The normalized spacial score (nSPS) is 8.33. The van der Waals surface area contributed by atoms with E-state index in [1.54, 1.807) is 0 Å². The van der Waals surface area contributed by atoms with Gasteiger partial charge in [0.1, 0.15) is 11.5 Å². The molecule has 0 amide bonds. The van der Waals surface area contributed by atoms with E-state index in [0.717, 1.165) is 0 Å². The standard InChI is InChI=1S/C7H6O4.Na.H/c8-5-2-1-3-6(4-5)11-7(9)10;;/h1-4,8H,(H,9,10);;. The molecule has 0 saturated carbocycles. The Bertz CT molecular complexity index is 274. The summed E-state index contributed by atoms with van der Waals surface area (Å²) in [6.07, 6.45) is -1.39. The van der Waals surface area contributed by atoms with Crippen LogP contribution >= 0.6 is 0 Å². The van der Waals surface area contributed by atoms with E-state index in [-0.39, 0.29) is 41.1 Å². The summed E-state index contributed by atoms with van der Waals surface area (Å²) >= 11 is 0. The zero-order valence-electron chi connectivity index (χ0n) is 5.52. The fourth-order valence-electron chi connectivity index (χ4n) is 0.648. The van der Waals surface area contributed by atoms with Gasteiger partial charge in [0.2, 0.25) is 0 Å². The van der Waals surface area contributed by atoms with Gasteiger partial charge in [-0.1, -0.05) is 6.07 Å². The van der Waals surface area contributed by atoms with Crippen LogP contribution in [0.2, 0.25) is 0 Å². The monoisotopic (exact) mass is 178 g/mol. The van der Waals surface area contributed by atoms with Crippen LogP contribution < -0.4 is 4.74 Å². The topological polar surface area (TPSA) is 66.8 Å². The number of carboxylic acid groups (broad SMARTS) is 1. The van der Waals surface area contributed by atoms with Gasteiger partial charge in [-0.15, -0.1) is 0 Å². The third-order valence-corrected chi connectivity index (χ3v) is 1.02. The molecule has 0 fully saturated rings. The second-order valence-electron chi connectivity index (χ2n) is 1.87. The first-order valence-electron chi connectivity index (χ1n) is 2.88. The predicted octanol–water partition coefficient (Wildman–Crippen LogP) is 0.800. The molecule has 12 heavy (non-hydrogen) atoms. The van der Waals surface area contributed by atoms with Crippen molar-refractivity contribution in [1.82, 2.24) is 0 Å². The predicted molar refractivity (Wildman–Crippen MR) is 43.9 cm³/mol. The van der Waals surface area contributed by atoms with Crippen LogP contribution in [-0.2, 0) is 0 Å². The molecule has 0 aliphatic heterocycles. The average molecular weight is 178 g/mol.